The highest BCUT2D eigenvalue weighted by Crippen LogP contribution is 2.26. The highest BCUT2D eigenvalue weighted by atomic mass is 16.3. The third-order valence-corrected chi connectivity index (χ3v) is 4.94. The Balaban J connectivity index is 1.53. The monoisotopic (exact) mass is 339 g/mol. The van der Waals surface area contributed by atoms with Crippen molar-refractivity contribution >= 4 is 16.8 Å². The van der Waals surface area contributed by atoms with Crippen molar-refractivity contribution in [2.45, 2.75) is 24.9 Å². The number of β-amino-alcohol motifs (C(OH)–C–C–N with tert-alkyl or cyclic N) is 1. The van der Waals surface area contributed by atoms with Crippen molar-refractivity contribution in [1.82, 2.24) is 24.6 Å². The van der Waals surface area contributed by atoms with E-state index in [1.807, 2.05) is 37.5 Å². The fourth-order valence-corrected chi connectivity index (χ4v) is 3.55. The van der Waals surface area contributed by atoms with Crippen LogP contribution in [0.1, 0.15) is 29.0 Å². The molecule has 7 heteroatoms. The third-order valence-electron chi connectivity index (χ3n) is 4.94. The molecule has 3 heterocycles. The SMILES string of the molecule is Cn1cnnc1CC1(O)CCCN(C(=O)c2ccc3cc[nH]c3c2)C1. The quantitative estimate of drug-likeness (QED) is 0.757. The Morgan fingerprint density at radius 1 is 1.40 bits per heavy atom. The summed E-state index contributed by atoms with van der Waals surface area (Å²) >= 11 is 0. The minimum Gasteiger partial charge on any atom is -0.388 e. The van der Waals surface area contributed by atoms with Crippen LogP contribution < -0.4 is 0 Å². The first-order valence-corrected chi connectivity index (χ1v) is 8.46. The Morgan fingerprint density at radius 3 is 3.08 bits per heavy atom. The Kier molecular flexibility index (Phi) is 3.80. The molecule has 4 rings (SSSR count). The second kappa shape index (κ2) is 6.00. The molecule has 0 radical (unpaired) electrons. The highest BCUT2D eigenvalue weighted by molar-refractivity contribution is 5.98. The van der Waals surface area contributed by atoms with Crippen molar-refractivity contribution in [2.24, 2.45) is 7.05 Å². The van der Waals surface area contributed by atoms with Crippen LogP contribution in [0.2, 0.25) is 0 Å². The number of aryl methyl sites for hydroxylation is 1. The number of rotatable bonds is 3. The fourth-order valence-electron chi connectivity index (χ4n) is 3.55. The minimum absolute atomic E-state index is 0.0485. The van der Waals surface area contributed by atoms with Gasteiger partial charge in [0.25, 0.3) is 5.91 Å². The molecular formula is C18H21N5O2. The molecule has 0 bridgehead atoms. The number of nitrogens with zero attached hydrogens (tertiary/aromatic N) is 4. The average molecular weight is 339 g/mol. The molecule has 0 aliphatic carbocycles. The standard InChI is InChI=1S/C18H21N5O2/c1-22-12-20-21-16(22)10-18(25)6-2-8-23(11-18)17(24)14-4-3-13-5-7-19-15(13)9-14/h3-5,7,9,12,19,25H,2,6,8,10-11H2,1H3. The summed E-state index contributed by atoms with van der Waals surface area (Å²) in [5, 5.41) is 20.0. The van der Waals surface area contributed by atoms with Crippen molar-refractivity contribution in [1.29, 1.82) is 0 Å². The Morgan fingerprint density at radius 2 is 2.28 bits per heavy atom. The number of fused-ring (bicyclic) bond motifs is 1. The molecule has 1 fully saturated rings. The molecule has 2 N–H and O–H groups in total. The van der Waals surface area contributed by atoms with Crippen molar-refractivity contribution in [3.05, 3.63) is 48.2 Å². The lowest BCUT2D eigenvalue weighted by Gasteiger charge is -2.39. The van der Waals surface area contributed by atoms with Crippen LogP contribution in [0.15, 0.2) is 36.8 Å². The van der Waals surface area contributed by atoms with Gasteiger partial charge in [-0.3, -0.25) is 4.79 Å². The zero-order valence-corrected chi connectivity index (χ0v) is 14.1. The number of hydrogen-bond acceptors (Lipinski definition) is 4. The molecule has 1 amide bonds. The molecule has 1 atom stereocenters. The fraction of sp³-hybridized carbons (Fsp3) is 0.389. The molecule has 2 aromatic heterocycles. The zero-order valence-electron chi connectivity index (χ0n) is 14.1. The van der Waals surface area contributed by atoms with Crippen molar-refractivity contribution in [3.8, 4) is 0 Å². The number of hydrogen-bond donors (Lipinski definition) is 2. The molecule has 1 aromatic carbocycles. The largest absolute Gasteiger partial charge is 0.388 e. The number of H-pyrrole nitrogens is 1. The van der Waals surface area contributed by atoms with Gasteiger partial charge in [0.2, 0.25) is 0 Å². The topological polar surface area (TPSA) is 87.0 Å². The van der Waals surface area contributed by atoms with Crippen LogP contribution in [0.3, 0.4) is 0 Å². The summed E-state index contributed by atoms with van der Waals surface area (Å²) in [6.07, 6.45) is 5.29. The average Bonchev–Trinajstić information content (AvgIpc) is 3.22. The van der Waals surface area contributed by atoms with Gasteiger partial charge in [-0.05, 0) is 36.4 Å². The van der Waals surface area contributed by atoms with E-state index in [4.69, 9.17) is 0 Å². The molecule has 25 heavy (non-hydrogen) atoms. The van der Waals surface area contributed by atoms with E-state index >= 15 is 0 Å². The number of aliphatic hydroxyl groups is 1. The van der Waals surface area contributed by atoms with Gasteiger partial charge in [0.1, 0.15) is 12.2 Å². The van der Waals surface area contributed by atoms with Crippen molar-refractivity contribution in [3.63, 3.8) is 0 Å². The summed E-state index contributed by atoms with van der Waals surface area (Å²) in [5.41, 5.74) is 0.612. The first-order chi connectivity index (χ1) is 12.0. The molecule has 1 unspecified atom stereocenters. The van der Waals surface area contributed by atoms with E-state index in [1.54, 1.807) is 15.8 Å². The summed E-state index contributed by atoms with van der Waals surface area (Å²) in [7, 11) is 1.86. The van der Waals surface area contributed by atoms with Gasteiger partial charge in [0.05, 0.1) is 12.1 Å². The lowest BCUT2D eigenvalue weighted by Crippen LogP contribution is -2.51. The smallest absolute Gasteiger partial charge is 0.254 e. The van der Waals surface area contributed by atoms with Gasteiger partial charge in [-0.2, -0.15) is 0 Å². The predicted octanol–water partition coefficient (Wildman–Crippen LogP) is 1.51. The number of aromatic amines is 1. The normalized spacial score (nSPS) is 21.0. The van der Waals surface area contributed by atoms with Crippen LogP contribution in [0.25, 0.3) is 10.9 Å². The number of aromatic nitrogens is 4. The van der Waals surface area contributed by atoms with E-state index in [9.17, 15) is 9.90 Å². The van der Waals surface area contributed by atoms with Gasteiger partial charge in [-0.25, -0.2) is 0 Å². The van der Waals surface area contributed by atoms with Gasteiger partial charge < -0.3 is 19.6 Å². The number of likely N-dealkylation sites (tertiary alicyclic amines) is 1. The van der Waals surface area contributed by atoms with Crippen LogP contribution >= 0.6 is 0 Å². The predicted molar refractivity (Wildman–Crippen MR) is 93.1 cm³/mol. The van der Waals surface area contributed by atoms with Crippen LogP contribution in [0, 0.1) is 0 Å². The second-order valence-electron chi connectivity index (χ2n) is 6.87. The van der Waals surface area contributed by atoms with E-state index in [-0.39, 0.29) is 5.91 Å². The lowest BCUT2D eigenvalue weighted by atomic mass is 9.89. The van der Waals surface area contributed by atoms with Crippen LogP contribution in [0.5, 0.6) is 0 Å². The summed E-state index contributed by atoms with van der Waals surface area (Å²) in [5.74, 6) is 0.678. The molecular weight excluding hydrogens is 318 g/mol. The number of piperidine rings is 1. The van der Waals surface area contributed by atoms with Gasteiger partial charge in [-0.1, -0.05) is 6.07 Å². The van der Waals surface area contributed by atoms with E-state index in [2.05, 4.69) is 15.2 Å². The van der Waals surface area contributed by atoms with Crippen LogP contribution in [-0.2, 0) is 13.5 Å². The lowest BCUT2D eigenvalue weighted by molar-refractivity contribution is -0.0258. The van der Waals surface area contributed by atoms with E-state index in [0.717, 1.165) is 23.1 Å². The Bertz CT molecular complexity index is 915. The number of benzene rings is 1. The van der Waals surface area contributed by atoms with Gasteiger partial charge in [-0.15, -0.1) is 10.2 Å². The maximum atomic E-state index is 12.9. The van der Waals surface area contributed by atoms with Crippen LogP contribution in [-0.4, -0.2) is 54.4 Å². The van der Waals surface area contributed by atoms with Crippen molar-refractivity contribution < 1.29 is 9.90 Å². The highest BCUT2D eigenvalue weighted by Gasteiger charge is 2.36. The minimum atomic E-state index is -0.967. The second-order valence-corrected chi connectivity index (χ2v) is 6.87. The number of carbonyl (C=O) groups excluding carboxylic acids is 1. The third kappa shape index (κ3) is 3.02. The molecule has 3 aromatic rings. The molecule has 1 aliphatic rings. The number of carbonyl (C=O) groups is 1. The molecule has 0 saturated carbocycles. The molecule has 7 nitrogen and oxygen atoms in total. The molecule has 1 saturated heterocycles. The van der Waals surface area contributed by atoms with E-state index in [1.165, 1.54) is 0 Å². The number of nitrogens with one attached hydrogen (secondary N) is 1. The first kappa shape index (κ1) is 15.8. The van der Waals surface area contributed by atoms with Gasteiger partial charge in [0, 0.05) is 37.3 Å². The van der Waals surface area contributed by atoms with Crippen LogP contribution in [0.4, 0.5) is 0 Å². The summed E-state index contributed by atoms with van der Waals surface area (Å²) in [6.45, 7) is 0.962. The first-order valence-electron chi connectivity index (χ1n) is 8.46. The summed E-state index contributed by atoms with van der Waals surface area (Å²) in [6, 6.07) is 7.63. The maximum Gasteiger partial charge on any atom is 0.254 e. The zero-order chi connectivity index (χ0) is 17.4. The summed E-state index contributed by atoms with van der Waals surface area (Å²) < 4.78 is 1.80. The Hall–Kier alpha value is -2.67. The van der Waals surface area contributed by atoms with E-state index < -0.39 is 5.60 Å². The number of amides is 1. The Labute approximate surface area is 145 Å². The van der Waals surface area contributed by atoms with Crippen molar-refractivity contribution in [2.75, 3.05) is 13.1 Å². The van der Waals surface area contributed by atoms with E-state index in [0.29, 0.717) is 31.5 Å². The molecule has 0 spiro atoms. The molecule has 130 valence electrons. The van der Waals surface area contributed by atoms with Gasteiger partial charge in [0.15, 0.2) is 0 Å². The molecule has 1 aliphatic heterocycles. The maximum absolute atomic E-state index is 12.9. The summed E-state index contributed by atoms with van der Waals surface area (Å²) in [4.78, 5) is 17.8. The van der Waals surface area contributed by atoms with Gasteiger partial charge >= 0.3 is 0 Å².